The number of rotatable bonds is 1. The van der Waals surface area contributed by atoms with Crippen LogP contribution >= 0.6 is 0 Å². The second-order valence-corrected chi connectivity index (χ2v) is 16.2. The SMILES string of the molecule is C[Si]1(C)O[Si](C)(C)O[Si](C)(N2CCCC2)O1. The van der Waals surface area contributed by atoms with Crippen molar-refractivity contribution in [1.29, 1.82) is 0 Å². The minimum Gasteiger partial charge on any atom is -0.416 e. The van der Waals surface area contributed by atoms with Gasteiger partial charge in [-0.2, -0.15) is 0 Å². The first-order valence-electron chi connectivity index (χ1n) is 6.08. The molecule has 2 rings (SSSR count). The van der Waals surface area contributed by atoms with Gasteiger partial charge in [-0.05, 0) is 58.7 Å². The van der Waals surface area contributed by atoms with Crippen LogP contribution in [-0.4, -0.2) is 43.5 Å². The van der Waals surface area contributed by atoms with Crippen molar-refractivity contribution in [3.63, 3.8) is 0 Å². The lowest BCUT2D eigenvalue weighted by Crippen LogP contribution is -2.71. The Hall–Kier alpha value is 0.491. The van der Waals surface area contributed by atoms with Crippen molar-refractivity contribution >= 4 is 25.8 Å². The Morgan fingerprint density at radius 3 is 1.62 bits per heavy atom. The summed E-state index contributed by atoms with van der Waals surface area (Å²) < 4.78 is 21.1. The van der Waals surface area contributed by atoms with Gasteiger partial charge in [0.15, 0.2) is 0 Å². The summed E-state index contributed by atoms with van der Waals surface area (Å²) in [5.41, 5.74) is 0. The molecule has 0 saturated carbocycles. The molecule has 0 N–H and O–H groups in total. The van der Waals surface area contributed by atoms with Crippen LogP contribution in [0.25, 0.3) is 0 Å². The lowest BCUT2D eigenvalue weighted by molar-refractivity contribution is 0.183. The van der Waals surface area contributed by atoms with Crippen LogP contribution in [0, 0.1) is 0 Å². The molecule has 2 heterocycles. The maximum absolute atomic E-state index is 6.27. The highest BCUT2D eigenvalue weighted by atomic mass is 28.5. The standard InChI is InChI=1S/C9H23NO3Si3/c1-14(2)11-15(3,4)13-16(5,12-14)10-8-6-7-9-10/h6-9H2,1-5H3. The molecule has 0 unspecified atom stereocenters. The zero-order valence-corrected chi connectivity index (χ0v) is 14.0. The highest BCUT2D eigenvalue weighted by Crippen LogP contribution is 2.33. The predicted octanol–water partition coefficient (Wildman–Crippen LogP) is 2.12. The van der Waals surface area contributed by atoms with Gasteiger partial charge in [-0.3, -0.25) is 4.57 Å². The van der Waals surface area contributed by atoms with Crippen molar-refractivity contribution in [2.75, 3.05) is 13.1 Å². The van der Waals surface area contributed by atoms with Crippen LogP contribution in [-0.2, 0) is 12.3 Å². The first-order chi connectivity index (χ1) is 7.23. The van der Waals surface area contributed by atoms with Crippen LogP contribution in [0.4, 0.5) is 0 Å². The maximum atomic E-state index is 6.27. The molecule has 0 aromatic rings. The van der Waals surface area contributed by atoms with Gasteiger partial charge in [0, 0.05) is 0 Å². The Bertz CT molecular complexity index is 263. The van der Waals surface area contributed by atoms with Gasteiger partial charge in [0.05, 0.1) is 0 Å². The van der Waals surface area contributed by atoms with E-state index in [-0.39, 0.29) is 0 Å². The molecular formula is C9H23NO3Si3. The third-order valence-electron chi connectivity index (χ3n) is 3.04. The van der Waals surface area contributed by atoms with Crippen molar-refractivity contribution in [2.45, 2.75) is 45.6 Å². The van der Waals surface area contributed by atoms with Gasteiger partial charge in [-0.1, -0.05) is 0 Å². The van der Waals surface area contributed by atoms with Crippen molar-refractivity contribution < 1.29 is 12.3 Å². The van der Waals surface area contributed by atoms with Crippen molar-refractivity contribution in [3.05, 3.63) is 0 Å². The Labute approximate surface area is 102 Å². The van der Waals surface area contributed by atoms with Crippen LogP contribution in [0.15, 0.2) is 0 Å². The number of hydrogen-bond donors (Lipinski definition) is 0. The highest BCUT2D eigenvalue weighted by Gasteiger charge is 2.56. The second kappa shape index (κ2) is 4.01. The molecular weight excluding hydrogens is 254 g/mol. The number of nitrogens with zero attached hydrogens (tertiary/aromatic N) is 1. The Balaban J connectivity index is 2.19. The quantitative estimate of drug-likeness (QED) is 0.687. The van der Waals surface area contributed by atoms with E-state index in [0.717, 1.165) is 13.1 Å². The van der Waals surface area contributed by atoms with E-state index >= 15 is 0 Å². The summed E-state index contributed by atoms with van der Waals surface area (Å²) in [7, 11) is -6.09. The summed E-state index contributed by atoms with van der Waals surface area (Å²) >= 11 is 0. The molecule has 2 saturated heterocycles. The van der Waals surface area contributed by atoms with E-state index in [1.54, 1.807) is 0 Å². The molecule has 0 radical (unpaired) electrons. The third-order valence-corrected chi connectivity index (χ3v) is 15.5. The lowest BCUT2D eigenvalue weighted by Gasteiger charge is -2.50. The Kier molecular flexibility index (Phi) is 3.24. The van der Waals surface area contributed by atoms with Gasteiger partial charge >= 0.3 is 25.8 Å². The molecule has 0 aromatic heterocycles. The lowest BCUT2D eigenvalue weighted by atomic mass is 10.4. The third kappa shape index (κ3) is 2.66. The smallest absolute Gasteiger partial charge is 0.406 e. The van der Waals surface area contributed by atoms with Crippen LogP contribution in [0.1, 0.15) is 12.8 Å². The van der Waals surface area contributed by atoms with E-state index in [4.69, 9.17) is 12.3 Å². The first-order valence-corrected chi connectivity index (χ1v) is 14.0. The molecule has 2 fully saturated rings. The normalized spacial score (nSPS) is 32.8. The summed E-state index contributed by atoms with van der Waals surface area (Å²) in [5.74, 6) is 0. The molecule has 0 bridgehead atoms. The Morgan fingerprint density at radius 2 is 1.19 bits per heavy atom. The van der Waals surface area contributed by atoms with Gasteiger partial charge in [-0.15, -0.1) is 0 Å². The fourth-order valence-electron chi connectivity index (χ4n) is 2.82. The van der Waals surface area contributed by atoms with E-state index in [1.165, 1.54) is 12.8 Å². The fraction of sp³-hybridized carbons (Fsp3) is 1.00. The summed E-state index contributed by atoms with van der Waals surface area (Å²) in [6.45, 7) is 13.0. The van der Waals surface area contributed by atoms with Crippen LogP contribution in [0.3, 0.4) is 0 Å². The molecule has 7 heteroatoms. The van der Waals surface area contributed by atoms with Crippen LogP contribution in [0.5, 0.6) is 0 Å². The molecule has 94 valence electrons. The van der Waals surface area contributed by atoms with Crippen LogP contribution < -0.4 is 0 Å². The second-order valence-electron chi connectivity index (χ2n) is 5.70. The monoisotopic (exact) mass is 277 g/mol. The zero-order chi connectivity index (χ0) is 12.0. The molecule has 0 aliphatic carbocycles. The summed E-state index contributed by atoms with van der Waals surface area (Å²) in [4.78, 5) is 0. The Morgan fingerprint density at radius 1 is 0.750 bits per heavy atom. The van der Waals surface area contributed by atoms with Crippen molar-refractivity contribution in [2.24, 2.45) is 0 Å². The minimum absolute atomic E-state index is 1.14. The zero-order valence-electron chi connectivity index (χ0n) is 11.0. The van der Waals surface area contributed by atoms with E-state index in [9.17, 15) is 0 Å². The maximum Gasteiger partial charge on any atom is 0.406 e. The highest BCUT2D eigenvalue weighted by molar-refractivity contribution is 6.91. The van der Waals surface area contributed by atoms with E-state index in [0.29, 0.717) is 0 Å². The molecule has 2 aliphatic heterocycles. The summed E-state index contributed by atoms with van der Waals surface area (Å²) in [6.07, 6.45) is 2.56. The van der Waals surface area contributed by atoms with E-state index < -0.39 is 25.8 Å². The first kappa shape index (κ1) is 12.9. The molecule has 0 aromatic carbocycles. The largest absolute Gasteiger partial charge is 0.416 e. The predicted molar refractivity (Wildman–Crippen MR) is 70.6 cm³/mol. The van der Waals surface area contributed by atoms with Gasteiger partial charge in [0.1, 0.15) is 0 Å². The topological polar surface area (TPSA) is 30.9 Å². The van der Waals surface area contributed by atoms with E-state index in [2.05, 4.69) is 37.3 Å². The molecule has 16 heavy (non-hydrogen) atoms. The average Bonchev–Trinajstić information content (AvgIpc) is 2.46. The van der Waals surface area contributed by atoms with Gasteiger partial charge < -0.3 is 12.3 Å². The summed E-state index contributed by atoms with van der Waals surface area (Å²) in [6, 6.07) is 0. The van der Waals surface area contributed by atoms with Gasteiger partial charge in [0.25, 0.3) is 0 Å². The molecule has 4 nitrogen and oxygen atoms in total. The molecule has 0 spiro atoms. The molecule has 0 atom stereocenters. The van der Waals surface area contributed by atoms with Gasteiger partial charge in [0.2, 0.25) is 0 Å². The minimum atomic E-state index is -2.14. The van der Waals surface area contributed by atoms with Gasteiger partial charge in [-0.25, -0.2) is 0 Å². The average molecular weight is 278 g/mol. The fourth-order valence-corrected chi connectivity index (χ4v) is 18.6. The number of hydrogen-bond acceptors (Lipinski definition) is 4. The summed E-state index contributed by atoms with van der Waals surface area (Å²) in [5, 5.41) is 0. The molecule has 0 amide bonds. The van der Waals surface area contributed by atoms with Crippen molar-refractivity contribution in [1.82, 2.24) is 4.57 Å². The van der Waals surface area contributed by atoms with Crippen LogP contribution in [0.2, 0.25) is 32.7 Å². The van der Waals surface area contributed by atoms with Crippen molar-refractivity contribution in [3.8, 4) is 0 Å². The van der Waals surface area contributed by atoms with E-state index in [1.807, 2.05) is 0 Å². The molecule has 2 aliphatic rings.